The minimum Gasteiger partial charge on any atom is -0.496 e. The molecule has 0 aliphatic heterocycles. The fraction of sp³-hybridized carbons (Fsp3) is 0.214. The van der Waals surface area contributed by atoms with Crippen LogP contribution in [0.25, 0.3) is 11.3 Å². The third kappa shape index (κ3) is 2.72. The quantitative estimate of drug-likeness (QED) is 0.849. The number of ether oxygens (including phenoxy) is 2. The van der Waals surface area contributed by atoms with Gasteiger partial charge in [-0.05, 0) is 31.2 Å². The average molecular weight is 295 g/mol. The second-order valence-corrected chi connectivity index (χ2v) is 4.51. The molecular formula is C14H15ClN2O3. The third-order valence-electron chi connectivity index (χ3n) is 2.80. The summed E-state index contributed by atoms with van der Waals surface area (Å²) >= 11 is 5.99. The highest BCUT2D eigenvalue weighted by atomic mass is 35.5. The van der Waals surface area contributed by atoms with Crippen molar-refractivity contribution in [2.75, 3.05) is 19.5 Å². The molecule has 1 aromatic carbocycles. The highest BCUT2D eigenvalue weighted by Crippen LogP contribution is 2.33. The molecule has 0 spiro atoms. The summed E-state index contributed by atoms with van der Waals surface area (Å²) in [6, 6.07) is 6.84. The average Bonchev–Trinajstić information content (AvgIpc) is 2.81. The molecule has 2 rings (SSSR count). The standard InChI is InChI=1S/C14H15ClN2O3/c1-3-20-14(18)10-7-11(17-13(10)16)9-6-8(15)4-5-12(9)19-2/h4-7,17H,3,16H2,1-2H3. The summed E-state index contributed by atoms with van der Waals surface area (Å²) in [5, 5.41) is 0.562. The smallest absolute Gasteiger partial charge is 0.341 e. The molecule has 3 N–H and O–H groups in total. The number of esters is 1. The second kappa shape index (κ2) is 5.88. The van der Waals surface area contributed by atoms with Crippen molar-refractivity contribution in [3.63, 3.8) is 0 Å². The van der Waals surface area contributed by atoms with Gasteiger partial charge in [0.25, 0.3) is 0 Å². The molecule has 6 heteroatoms. The normalized spacial score (nSPS) is 10.3. The minimum absolute atomic E-state index is 0.250. The number of carbonyl (C=O) groups is 1. The van der Waals surface area contributed by atoms with Gasteiger partial charge < -0.3 is 20.2 Å². The van der Waals surface area contributed by atoms with E-state index in [0.29, 0.717) is 28.6 Å². The monoisotopic (exact) mass is 294 g/mol. The van der Waals surface area contributed by atoms with Crippen LogP contribution in [-0.2, 0) is 4.74 Å². The number of rotatable bonds is 4. The fourth-order valence-electron chi connectivity index (χ4n) is 1.88. The Hall–Kier alpha value is -2.14. The molecule has 0 saturated heterocycles. The van der Waals surface area contributed by atoms with E-state index < -0.39 is 5.97 Å². The number of hydrogen-bond donors (Lipinski definition) is 2. The summed E-state index contributed by atoms with van der Waals surface area (Å²) in [7, 11) is 1.56. The predicted octanol–water partition coefficient (Wildman–Crippen LogP) is 3.10. The molecule has 0 unspecified atom stereocenters. The van der Waals surface area contributed by atoms with E-state index >= 15 is 0 Å². The van der Waals surface area contributed by atoms with Gasteiger partial charge in [0.1, 0.15) is 17.1 Å². The van der Waals surface area contributed by atoms with Crippen LogP contribution in [0.1, 0.15) is 17.3 Å². The van der Waals surface area contributed by atoms with E-state index in [0.717, 1.165) is 5.56 Å². The van der Waals surface area contributed by atoms with E-state index in [4.69, 9.17) is 26.8 Å². The van der Waals surface area contributed by atoms with Gasteiger partial charge in [0, 0.05) is 10.6 Å². The lowest BCUT2D eigenvalue weighted by Gasteiger charge is -2.07. The maximum Gasteiger partial charge on any atom is 0.341 e. The number of aromatic nitrogens is 1. The molecule has 0 radical (unpaired) electrons. The molecule has 0 amide bonds. The first-order valence-corrected chi connectivity index (χ1v) is 6.44. The van der Waals surface area contributed by atoms with Crippen molar-refractivity contribution < 1.29 is 14.3 Å². The van der Waals surface area contributed by atoms with Crippen LogP contribution in [0.2, 0.25) is 5.02 Å². The van der Waals surface area contributed by atoms with Crippen molar-refractivity contribution in [1.29, 1.82) is 0 Å². The van der Waals surface area contributed by atoms with Crippen molar-refractivity contribution in [2.45, 2.75) is 6.92 Å². The zero-order valence-corrected chi connectivity index (χ0v) is 12.0. The maximum atomic E-state index is 11.8. The summed E-state index contributed by atoms with van der Waals surface area (Å²) < 4.78 is 10.2. The first-order valence-electron chi connectivity index (χ1n) is 6.06. The molecule has 20 heavy (non-hydrogen) atoms. The van der Waals surface area contributed by atoms with Crippen LogP contribution in [0.3, 0.4) is 0 Å². The van der Waals surface area contributed by atoms with E-state index in [1.807, 2.05) is 0 Å². The molecule has 106 valence electrons. The summed E-state index contributed by atoms with van der Waals surface area (Å²) in [5.41, 5.74) is 7.47. The predicted molar refractivity (Wildman–Crippen MR) is 78.2 cm³/mol. The number of nitrogen functional groups attached to an aromatic ring is 1. The van der Waals surface area contributed by atoms with Gasteiger partial charge in [0.15, 0.2) is 0 Å². The van der Waals surface area contributed by atoms with E-state index in [9.17, 15) is 4.79 Å². The highest BCUT2D eigenvalue weighted by molar-refractivity contribution is 6.31. The summed E-state index contributed by atoms with van der Waals surface area (Å²) in [5.74, 6) is 0.417. The number of hydrogen-bond acceptors (Lipinski definition) is 4. The molecule has 2 aromatic rings. The van der Waals surface area contributed by atoms with Crippen LogP contribution < -0.4 is 10.5 Å². The number of carbonyl (C=O) groups excluding carboxylic acids is 1. The van der Waals surface area contributed by atoms with Gasteiger partial charge in [-0.2, -0.15) is 0 Å². The molecule has 1 heterocycles. The first-order chi connectivity index (χ1) is 9.56. The van der Waals surface area contributed by atoms with Crippen LogP contribution in [0.4, 0.5) is 5.82 Å². The lowest BCUT2D eigenvalue weighted by Crippen LogP contribution is -2.05. The van der Waals surface area contributed by atoms with Crippen LogP contribution in [-0.4, -0.2) is 24.7 Å². The maximum absolute atomic E-state index is 11.8. The minimum atomic E-state index is -0.464. The third-order valence-corrected chi connectivity index (χ3v) is 3.03. The van der Waals surface area contributed by atoms with Crippen LogP contribution >= 0.6 is 11.6 Å². The van der Waals surface area contributed by atoms with Gasteiger partial charge in [0.2, 0.25) is 0 Å². The van der Waals surface area contributed by atoms with Crippen molar-refractivity contribution in [2.24, 2.45) is 0 Å². The molecule has 1 aromatic heterocycles. The number of nitrogens with one attached hydrogen (secondary N) is 1. The Labute approximate surface area is 121 Å². The van der Waals surface area contributed by atoms with Crippen molar-refractivity contribution >= 4 is 23.4 Å². The Morgan fingerprint density at radius 1 is 1.40 bits per heavy atom. The van der Waals surface area contributed by atoms with Crippen LogP contribution in [0, 0.1) is 0 Å². The van der Waals surface area contributed by atoms with Gasteiger partial charge in [-0.1, -0.05) is 11.6 Å². The molecule has 0 saturated carbocycles. The Bertz CT molecular complexity index is 637. The summed E-state index contributed by atoms with van der Waals surface area (Å²) in [6.07, 6.45) is 0. The number of halogens is 1. The van der Waals surface area contributed by atoms with E-state index in [1.54, 1.807) is 38.3 Å². The molecule has 0 bridgehead atoms. The number of anilines is 1. The van der Waals surface area contributed by atoms with Crippen molar-refractivity contribution in [3.8, 4) is 17.0 Å². The van der Waals surface area contributed by atoms with Gasteiger partial charge in [-0.3, -0.25) is 0 Å². The van der Waals surface area contributed by atoms with E-state index in [2.05, 4.69) is 4.98 Å². The Balaban J connectivity index is 2.47. The van der Waals surface area contributed by atoms with E-state index in [1.165, 1.54) is 0 Å². The molecule has 0 fully saturated rings. The number of methoxy groups -OCH3 is 1. The molecule has 0 atom stereocenters. The number of benzene rings is 1. The summed E-state index contributed by atoms with van der Waals surface area (Å²) in [6.45, 7) is 2.03. The highest BCUT2D eigenvalue weighted by Gasteiger charge is 2.17. The van der Waals surface area contributed by atoms with Gasteiger partial charge in [0.05, 0.1) is 19.4 Å². The zero-order chi connectivity index (χ0) is 14.7. The Kier molecular flexibility index (Phi) is 4.20. The molecule has 0 aliphatic carbocycles. The van der Waals surface area contributed by atoms with Gasteiger partial charge in [-0.25, -0.2) is 4.79 Å². The van der Waals surface area contributed by atoms with Gasteiger partial charge >= 0.3 is 5.97 Å². The van der Waals surface area contributed by atoms with Crippen LogP contribution in [0.15, 0.2) is 24.3 Å². The molecular weight excluding hydrogens is 280 g/mol. The topological polar surface area (TPSA) is 77.3 Å². The van der Waals surface area contributed by atoms with Gasteiger partial charge in [-0.15, -0.1) is 0 Å². The molecule has 0 aliphatic rings. The van der Waals surface area contributed by atoms with Crippen molar-refractivity contribution in [3.05, 3.63) is 34.9 Å². The SMILES string of the molecule is CCOC(=O)c1cc(-c2cc(Cl)ccc2OC)[nH]c1N. The Morgan fingerprint density at radius 2 is 2.15 bits per heavy atom. The number of nitrogens with two attached hydrogens (primary N) is 1. The van der Waals surface area contributed by atoms with E-state index in [-0.39, 0.29) is 5.82 Å². The fourth-order valence-corrected chi connectivity index (χ4v) is 2.06. The van der Waals surface area contributed by atoms with Crippen molar-refractivity contribution in [1.82, 2.24) is 4.98 Å². The number of aromatic amines is 1. The lowest BCUT2D eigenvalue weighted by molar-refractivity contribution is 0.0528. The molecule has 5 nitrogen and oxygen atoms in total. The van der Waals surface area contributed by atoms with Crippen LogP contribution in [0.5, 0.6) is 5.75 Å². The second-order valence-electron chi connectivity index (χ2n) is 4.08. The largest absolute Gasteiger partial charge is 0.496 e. The lowest BCUT2D eigenvalue weighted by atomic mass is 10.1. The Morgan fingerprint density at radius 3 is 2.80 bits per heavy atom. The zero-order valence-electron chi connectivity index (χ0n) is 11.2. The summed E-state index contributed by atoms with van der Waals surface area (Å²) in [4.78, 5) is 14.7. The number of H-pyrrole nitrogens is 1. The first kappa shape index (κ1) is 14.3.